The van der Waals surface area contributed by atoms with Gasteiger partial charge in [-0.1, -0.05) is 66.2 Å². The van der Waals surface area contributed by atoms with Crippen LogP contribution in [0, 0.1) is 6.92 Å². The van der Waals surface area contributed by atoms with E-state index in [-0.39, 0.29) is 0 Å². The number of aromatic nitrogens is 4. The van der Waals surface area contributed by atoms with Gasteiger partial charge in [0, 0.05) is 32.6 Å². The van der Waals surface area contributed by atoms with Crippen LogP contribution < -0.4 is 4.90 Å². The summed E-state index contributed by atoms with van der Waals surface area (Å²) in [5.74, 6) is 1.49. The lowest BCUT2D eigenvalue weighted by Crippen LogP contribution is -2.49. The fourth-order valence-electron chi connectivity index (χ4n) is 4.79. The zero-order chi connectivity index (χ0) is 26.1. The molecule has 38 heavy (non-hydrogen) atoms. The van der Waals surface area contributed by atoms with E-state index in [4.69, 9.17) is 9.97 Å². The van der Waals surface area contributed by atoms with Gasteiger partial charge in [-0.3, -0.25) is 0 Å². The van der Waals surface area contributed by atoms with Crippen molar-refractivity contribution in [3.05, 3.63) is 108 Å². The first kappa shape index (κ1) is 24.3. The standard InChI is InChI=1S/C29H28N6O2S/c1-22-12-14-25(15-13-22)38(36,37)34-18-16-33(17-19-34)28-26-21-30-35(24-10-6-3-7-11-24)29(26)32-27(31-28)20-23-8-4-2-5-9-23/h2-15,21H,16-20H2,1H3. The van der Waals surface area contributed by atoms with Gasteiger partial charge >= 0.3 is 0 Å². The van der Waals surface area contributed by atoms with Gasteiger partial charge in [0.1, 0.15) is 11.6 Å². The van der Waals surface area contributed by atoms with Gasteiger partial charge in [0.2, 0.25) is 10.0 Å². The molecule has 1 fully saturated rings. The molecular formula is C29H28N6O2S. The third kappa shape index (κ3) is 4.66. The zero-order valence-electron chi connectivity index (χ0n) is 21.1. The molecule has 0 aliphatic carbocycles. The third-order valence-corrected chi connectivity index (χ3v) is 8.77. The Morgan fingerprint density at radius 1 is 0.789 bits per heavy atom. The highest BCUT2D eigenvalue weighted by Crippen LogP contribution is 2.28. The van der Waals surface area contributed by atoms with Gasteiger partial charge in [-0.05, 0) is 36.8 Å². The van der Waals surface area contributed by atoms with Crippen LogP contribution in [0.5, 0.6) is 0 Å². The van der Waals surface area contributed by atoms with Crippen molar-refractivity contribution >= 4 is 26.9 Å². The summed E-state index contributed by atoms with van der Waals surface area (Å²) in [5, 5.41) is 5.50. The Bertz CT molecular complexity index is 1660. The Kier molecular flexibility index (Phi) is 6.39. The van der Waals surface area contributed by atoms with Gasteiger partial charge in [0.05, 0.1) is 22.2 Å². The van der Waals surface area contributed by atoms with Gasteiger partial charge in [-0.2, -0.15) is 9.40 Å². The second kappa shape index (κ2) is 10.00. The van der Waals surface area contributed by atoms with Crippen LogP contribution in [-0.4, -0.2) is 58.7 Å². The van der Waals surface area contributed by atoms with Crippen molar-refractivity contribution < 1.29 is 8.42 Å². The molecule has 9 heteroatoms. The smallest absolute Gasteiger partial charge is 0.243 e. The quantitative estimate of drug-likeness (QED) is 0.331. The molecule has 0 radical (unpaired) electrons. The Balaban J connectivity index is 1.33. The van der Waals surface area contributed by atoms with E-state index in [0.717, 1.165) is 33.7 Å². The number of aryl methyl sites for hydroxylation is 1. The maximum atomic E-state index is 13.2. The summed E-state index contributed by atoms with van der Waals surface area (Å²) >= 11 is 0. The van der Waals surface area contributed by atoms with Crippen molar-refractivity contribution in [1.29, 1.82) is 0 Å². The molecule has 1 saturated heterocycles. The first-order valence-corrected chi connectivity index (χ1v) is 14.1. The van der Waals surface area contributed by atoms with Crippen molar-refractivity contribution in [3.63, 3.8) is 0 Å². The van der Waals surface area contributed by atoms with Crippen LogP contribution >= 0.6 is 0 Å². The number of hydrogen-bond acceptors (Lipinski definition) is 6. The molecule has 3 heterocycles. The van der Waals surface area contributed by atoms with Crippen LogP contribution in [0.25, 0.3) is 16.7 Å². The highest BCUT2D eigenvalue weighted by Gasteiger charge is 2.30. The second-order valence-electron chi connectivity index (χ2n) is 9.46. The molecule has 0 unspecified atom stereocenters. The number of sulfonamides is 1. The summed E-state index contributed by atoms with van der Waals surface area (Å²) < 4.78 is 29.9. The molecule has 0 atom stereocenters. The maximum Gasteiger partial charge on any atom is 0.243 e. The summed E-state index contributed by atoms with van der Waals surface area (Å²) in [4.78, 5) is 12.4. The number of rotatable bonds is 6. The van der Waals surface area contributed by atoms with Gasteiger partial charge < -0.3 is 4.90 Å². The van der Waals surface area contributed by atoms with E-state index in [0.29, 0.717) is 43.3 Å². The van der Waals surface area contributed by atoms with Crippen molar-refractivity contribution in [2.45, 2.75) is 18.2 Å². The monoisotopic (exact) mass is 524 g/mol. The minimum atomic E-state index is -3.55. The van der Waals surface area contributed by atoms with E-state index in [1.54, 1.807) is 22.6 Å². The zero-order valence-corrected chi connectivity index (χ0v) is 21.9. The van der Waals surface area contributed by atoms with E-state index in [2.05, 4.69) is 22.1 Å². The lowest BCUT2D eigenvalue weighted by molar-refractivity contribution is 0.384. The average molecular weight is 525 g/mol. The van der Waals surface area contributed by atoms with E-state index >= 15 is 0 Å². The van der Waals surface area contributed by atoms with Crippen LogP contribution in [0.3, 0.4) is 0 Å². The highest BCUT2D eigenvalue weighted by atomic mass is 32.2. The van der Waals surface area contributed by atoms with Crippen molar-refractivity contribution in [1.82, 2.24) is 24.1 Å². The normalized spacial score (nSPS) is 14.7. The molecule has 0 N–H and O–H groups in total. The molecule has 5 aromatic rings. The molecule has 8 nitrogen and oxygen atoms in total. The minimum Gasteiger partial charge on any atom is -0.353 e. The summed E-state index contributed by atoms with van der Waals surface area (Å²) in [5.41, 5.74) is 3.81. The Labute approximate surface area is 222 Å². The maximum absolute atomic E-state index is 13.2. The van der Waals surface area contributed by atoms with Gasteiger partial charge in [-0.25, -0.2) is 23.1 Å². The van der Waals surface area contributed by atoms with Crippen molar-refractivity contribution in [2.75, 3.05) is 31.1 Å². The highest BCUT2D eigenvalue weighted by molar-refractivity contribution is 7.89. The van der Waals surface area contributed by atoms with E-state index in [9.17, 15) is 8.42 Å². The fourth-order valence-corrected chi connectivity index (χ4v) is 6.22. The largest absolute Gasteiger partial charge is 0.353 e. The number of benzene rings is 3. The lowest BCUT2D eigenvalue weighted by Gasteiger charge is -2.35. The van der Waals surface area contributed by atoms with Crippen LogP contribution in [0.4, 0.5) is 5.82 Å². The van der Waals surface area contributed by atoms with Crippen molar-refractivity contribution in [3.8, 4) is 5.69 Å². The summed E-state index contributed by atoms with van der Waals surface area (Å²) in [6, 6.07) is 27.1. The molecule has 1 aliphatic rings. The fraction of sp³-hybridized carbons (Fsp3) is 0.207. The first-order valence-electron chi connectivity index (χ1n) is 12.6. The van der Waals surface area contributed by atoms with Crippen LogP contribution in [-0.2, 0) is 16.4 Å². The minimum absolute atomic E-state index is 0.329. The van der Waals surface area contributed by atoms with Gasteiger partial charge in [0.15, 0.2) is 5.65 Å². The Morgan fingerprint density at radius 3 is 2.13 bits per heavy atom. The number of nitrogens with zero attached hydrogens (tertiary/aromatic N) is 6. The van der Waals surface area contributed by atoms with Crippen LogP contribution in [0.15, 0.2) is 96.0 Å². The van der Waals surface area contributed by atoms with Gasteiger partial charge in [0.25, 0.3) is 0 Å². The SMILES string of the molecule is Cc1ccc(S(=O)(=O)N2CCN(c3nc(Cc4ccccc4)nc4c3cnn4-c3ccccc3)CC2)cc1. The molecule has 1 aliphatic heterocycles. The third-order valence-electron chi connectivity index (χ3n) is 6.86. The van der Waals surface area contributed by atoms with Crippen LogP contribution in [0.1, 0.15) is 17.0 Å². The number of hydrogen-bond donors (Lipinski definition) is 0. The summed E-state index contributed by atoms with van der Waals surface area (Å²) in [6.45, 7) is 3.76. The van der Waals surface area contributed by atoms with E-state index < -0.39 is 10.0 Å². The molecule has 3 aromatic carbocycles. The Morgan fingerprint density at radius 2 is 1.45 bits per heavy atom. The number of para-hydroxylation sites is 1. The molecule has 2 aromatic heterocycles. The molecule has 0 spiro atoms. The Hall–Kier alpha value is -4.08. The second-order valence-corrected chi connectivity index (χ2v) is 11.4. The molecule has 0 saturated carbocycles. The van der Waals surface area contributed by atoms with Gasteiger partial charge in [-0.15, -0.1) is 0 Å². The average Bonchev–Trinajstić information content (AvgIpc) is 3.38. The lowest BCUT2D eigenvalue weighted by atomic mass is 10.1. The molecule has 0 bridgehead atoms. The molecule has 6 rings (SSSR count). The summed E-state index contributed by atoms with van der Waals surface area (Å²) in [6.07, 6.45) is 2.39. The molecule has 0 amide bonds. The number of fused-ring (bicyclic) bond motifs is 1. The number of anilines is 1. The first-order chi connectivity index (χ1) is 18.5. The predicted octanol–water partition coefficient (Wildman–Crippen LogP) is 4.23. The van der Waals surface area contributed by atoms with E-state index in [1.165, 1.54) is 0 Å². The molecular weight excluding hydrogens is 496 g/mol. The topological polar surface area (TPSA) is 84.2 Å². The predicted molar refractivity (Wildman–Crippen MR) is 148 cm³/mol. The van der Waals surface area contributed by atoms with E-state index in [1.807, 2.05) is 72.3 Å². The number of piperazine rings is 1. The van der Waals surface area contributed by atoms with Crippen molar-refractivity contribution in [2.24, 2.45) is 0 Å². The molecule has 192 valence electrons. The summed E-state index contributed by atoms with van der Waals surface area (Å²) in [7, 11) is -3.55. The van der Waals surface area contributed by atoms with Crippen LogP contribution in [0.2, 0.25) is 0 Å².